The maximum Gasteiger partial charge on any atom is 0.413 e. The van der Waals surface area contributed by atoms with Gasteiger partial charge in [0, 0.05) is 23.4 Å². The van der Waals surface area contributed by atoms with Gasteiger partial charge in [-0.25, -0.2) is 14.6 Å². The number of aromatic nitrogens is 1. The number of carbonyl (C=O) groups is 2. The monoisotopic (exact) mass is 326 g/mol. The molecule has 2 N–H and O–H groups in total. The third-order valence-electron chi connectivity index (χ3n) is 2.98. The lowest BCUT2D eigenvalue weighted by Gasteiger charge is -2.30. The van der Waals surface area contributed by atoms with Crippen LogP contribution in [0.25, 0.3) is 0 Å². The van der Waals surface area contributed by atoms with Crippen LogP contribution in [0.1, 0.15) is 38.3 Å². The number of anilines is 1. The number of hydrogen-bond acceptors (Lipinski definition) is 5. The highest BCUT2D eigenvalue weighted by molar-refractivity contribution is 7.15. The number of fused-ring (bicyclic) bond motifs is 1. The second-order valence-corrected chi connectivity index (χ2v) is 7.17. The SMILES string of the molecule is CCOC(=O)Nc1nc2c(s1)CN(C(=O)NC(C)(C)C)CC2. The van der Waals surface area contributed by atoms with Crippen molar-refractivity contribution in [2.24, 2.45) is 0 Å². The lowest BCUT2D eigenvalue weighted by Crippen LogP contribution is -2.49. The predicted molar refractivity (Wildman–Crippen MR) is 85.2 cm³/mol. The molecule has 2 heterocycles. The summed E-state index contributed by atoms with van der Waals surface area (Å²) in [5.41, 5.74) is 0.679. The molecule has 0 fully saturated rings. The molecule has 1 aromatic heterocycles. The number of nitrogens with zero attached hydrogens (tertiary/aromatic N) is 2. The zero-order valence-corrected chi connectivity index (χ0v) is 14.2. The fraction of sp³-hybridized carbons (Fsp3) is 0.643. The molecule has 122 valence electrons. The second kappa shape index (κ2) is 6.51. The first kappa shape index (κ1) is 16.5. The molecule has 0 atom stereocenters. The van der Waals surface area contributed by atoms with Gasteiger partial charge >= 0.3 is 12.1 Å². The van der Waals surface area contributed by atoms with Gasteiger partial charge in [0.05, 0.1) is 18.8 Å². The van der Waals surface area contributed by atoms with E-state index < -0.39 is 6.09 Å². The Labute approximate surface area is 134 Å². The van der Waals surface area contributed by atoms with Gasteiger partial charge in [-0.1, -0.05) is 11.3 Å². The minimum absolute atomic E-state index is 0.0774. The molecule has 0 saturated carbocycles. The van der Waals surface area contributed by atoms with Crippen LogP contribution < -0.4 is 10.6 Å². The lowest BCUT2D eigenvalue weighted by molar-refractivity contribution is 0.168. The van der Waals surface area contributed by atoms with Crippen molar-refractivity contribution < 1.29 is 14.3 Å². The van der Waals surface area contributed by atoms with Crippen molar-refractivity contribution in [2.75, 3.05) is 18.5 Å². The normalized spacial score (nSPS) is 14.3. The van der Waals surface area contributed by atoms with E-state index in [1.54, 1.807) is 11.8 Å². The van der Waals surface area contributed by atoms with Crippen LogP contribution in [0.15, 0.2) is 0 Å². The van der Waals surface area contributed by atoms with Gasteiger partial charge in [0.15, 0.2) is 5.13 Å². The van der Waals surface area contributed by atoms with E-state index in [-0.39, 0.29) is 11.6 Å². The fourth-order valence-electron chi connectivity index (χ4n) is 2.08. The van der Waals surface area contributed by atoms with E-state index in [1.807, 2.05) is 20.8 Å². The van der Waals surface area contributed by atoms with Gasteiger partial charge in [0.25, 0.3) is 0 Å². The van der Waals surface area contributed by atoms with Crippen LogP contribution in [0, 0.1) is 0 Å². The Balaban J connectivity index is 2.00. The van der Waals surface area contributed by atoms with Crippen LogP contribution in [0.5, 0.6) is 0 Å². The van der Waals surface area contributed by atoms with Crippen molar-refractivity contribution in [1.29, 1.82) is 0 Å². The van der Waals surface area contributed by atoms with E-state index in [0.717, 1.165) is 10.6 Å². The summed E-state index contributed by atoms with van der Waals surface area (Å²) in [4.78, 5) is 30.8. The smallest absolute Gasteiger partial charge is 0.413 e. The molecule has 0 unspecified atom stereocenters. The van der Waals surface area contributed by atoms with Crippen molar-refractivity contribution in [3.63, 3.8) is 0 Å². The van der Waals surface area contributed by atoms with E-state index in [0.29, 0.717) is 31.2 Å². The number of rotatable bonds is 2. The maximum atomic E-state index is 12.2. The Kier molecular flexibility index (Phi) is 4.90. The average molecular weight is 326 g/mol. The van der Waals surface area contributed by atoms with Gasteiger partial charge < -0.3 is 15.0 Å². The molecule has 0 bridgehead atoms. The van der Waals surface area contributed by atoms with E-state index in [1.165, 1.54) is 11.3 Å². The summed E-state index contributed by atoms with van der Waals surface area (Å²) in [6.07, 6.45) is 0.185. The zero-order chi connectivity index (χ0) is 16.3. The molecule has 0 spiro atoms. The third kappa shape index (κ3) is 4.33. The van der Waals surface area contributed by atoms with Crippen LogP contribution in [-0.4, -0.2) is 40.7 Å². The molecule has 0 aliphatic carbocycles. The highest BCUT2D eigenvalue weighted by Gasteiger charge is 2.26. The Morgan fingerprint density at radius 1 is 1.41 bits per heavy atom. The Hall–Kier alpha value is -1.83. The van der Waals surface area contributed by atoms with E-state index >= 15 is 0 Å². The highest BCUT2D eigenvalue weighted by atomic mass is 32.1. The van der Waals surface area contributed by atoms with Crippen LogP contribution in [0.2, 0.25) is 0 Å². The summed E-state index contributed by atoms with van der Waals surface area (Å²) in [7, 11) is 0. The van der Waals surface area contributed by atoms with Crippen molar-refractivity contribution in [2.45, 2.75) is 46.2 Å². The number of amides is 3. The first-order valence-corrected chi connectivity index (χ1v) is 8.09. The molecule has 7 nitrogen and oxygen atoms in total. The van der Waals surface area contributed by atoms with Crippen LogP contribution in [0.4, 0.5) is 14.7 Å². The summed E-state index contributed by atoms with van der Waals surface area (Å²) in [5, 5.41) is 6.08. The van der Waals surface area contributed by atoms with Gasteiger partial charge in [0.1, 0.15) is 0 Å². The van der Waals surface area contributed by atoms with Crippen molar-refractivity contribution in [3.8, 4) is 0 Å². The molecule has 8 heteroatoms. The predicted octanol–water partition coefficient (Wildman–Crippen LogP) is 2.58. The summed E-state index contributed by atoms with van der Waals surface area (Å²) < 4.78 is 4.83. The molecule has 1 aliphatic heterocycles. The summed E-state index contributed by atoms with van der Waals surface area (Å²) in [6.45, 7) is 9.06. The number of thiazole rings is 1. The molecule has 1 aromatic rings. The summed E-state index contributed by atoms with van der Waals surface area (Å²) >= 11 is 1.38. The van der Waals surface area contributed by atoms with Gasteiger partial charge in [-0.15, -0.1) is 0 Å². The molecule has 22 heavy (non-hydrogen) atoms. The standard InChI is InChI=1S/C14H22N4O3S/c1-5-21-13(20)16-11-15-9-6-7-18(8-10(9)22-11)12(19)17-14(2,3)4/h5-8H2,1-4H3,(H,17,19)(H,15,16,20). The Bertz CT molecular complexity index is 565. The van der Waals surface area contributed by atoms with Crippen molar-refractivity contribution >= 4 is 28.6 Å². The van der Waals surface area contributed by atoms with Gasteiger partial charge in [0.2, 0.25) is 0 Å². The topological polar surface area (TPSA) is 83.6 Å². The number of hydrogen-bond donors (Lipinski definition) is 2. The lowest BCUT2D eigenvalue weighted by atomic mass is 10.1. The van der Waals surface area contributed by atoms with Gasteiger partial charge in [-0.2, -0.15) is 0 Å². The first-order valence-electron chi connectivity index (χ1n) is 7.28. The van der Waals surface area contributed by atoms with Crippen molar-refractivity contribution in [3.05, 3.63) is 10.6 Å². The molecule has 0 aromatic carbocycles. The summed E-state index contributed by atoms with van der Waals surface area (Å²) in [6, 6.07) is -0.0774. The van der Waals surface area contributed by atoms with Crippen LogP contribution in [-0.2, 0) is 17.7 Å². The molecule has 2 rings (SSSR count). The molecular weight excluding hydrogens is 304 g/mol. The van der Waals surface area contributed by atoms with Gasteiger partial charge in [-0.3, -0.25) is 5.32 Å². The minimum Gasteiger partial charge on any atom is -0.450 e. The first-order chi connectivity index (χ1) is 10.3. The second-order valence-electron chi connectivity index (χ2n) is 6.09. The van der Waals surface area contributed by atoms with Crippen LogP contribution >= 0.6 is 11.3 Å². The number of nitrogens with one attached hydrogen (secondary N) is 2. The largest absolute Gasteiger partial charge is 0.450 e. The van der Waals surface area contributed by atoms with Gasteiger partial charge in [-0.05, 0) is 27.7 Å². The van der Waals surface area contributed by atoms with E-state index in [2.05, 4.69) is 15.6 Å². The average Bonchev–Trinajstić information content (AvgIpc) is 2.77. The van der Waals surface area contributed by atoms with Crippen molar-refractivity contribution in [1.82, 2.24) is 15.2 Å². The fourth-order valence-corrected chi connectivity index (χ4v) is 3.09. The minimum atomic E-state index is -0.504. The Morgan fingerprint density at radius 3 is 2.77 bits per heavy atom. The molecule has 0 saturated heterocycles. The number of ether oxygens (including phenoxy) is 1. The third-order valence-corrected chi connectivity index (χ3v) is 3.98. The molecule has 1 aliphatic rings. The number of urea groups is 1. The quantitative estimate of drug-likeness (QED) is 0.875. The zero-order valence-electron chi connectivity index (χ0n) is 13.4. The summed E-state index contributed by atoms with van der Waals surface area (Å²) in [5.74, 6) is 0. The maximum absolute atomic E-state index is 12.2. The molecular formula is C14H22N4O3S. The molecule has 3 amide bonds. The Morgan fingerprint density at radius 2 is 2.14 bits per heavy atom. The van der Waals surface area contributed by atoms with Crippen LogP contribution in [0.3, 0.4) is 0 Å². The highest BCUT2D eigenvalue weighted by Crippen LogP contribution is 2.28. The van der Waals surface area contributed by atoms with E-state index in [4.69, 9.17) is 4.74 Å². The number of carbonyl (C=O) groups excluding carboxylic acids is 2. The van der Waals surface area contributed by atoms with E-state index in [9.17, 15) is 9.59 Å². The molecule has 0 radical (unpaired) electrons.